The summed E-state index contributed by atoms with van der Waals surface area (Å²) in [6, 6.07) is 2.81. The van der Waals surface area contributed by atoms with Gasteiger partial charge < -0.3 is 19.6 Å². The van der Waals surface area contributed by atoms with E-state index in [4.69, 9.17) is 14.2 Å². The van der Waals surface area contributed by atoms with Gasteiger partial charge in [-0.15, -0.1) is 0 Å². The van der Waals surface area contributed by atoms with E-state index in [2.05, 4.69) is 22.4 Å². The van der Waals surface area contributed by atoms with Crippen molar-refractivity contribution in [1.29, 1.82) is 0 Å². The molecule has 1 saturated carbocycles. The van der Waals surface area contributed by atoms with Crippen molar-refractivity contribution in [2.24, 2.45) is 11.8 Å². The zero-order valence-corrected chi connectivity index (χ0v) is 22.3. The number of nitrogens with zero attached hydrogens (tertiary/aromatic N) is 3. The van der Waals surface area contributed by atoms with E-state index in [9.17, 15) is 9.59 Å². The lowest BCUT2D eigenvalue weighted by Crippen LogP contribution is -2.36. The Balaban J connectivity index is 1.43. The largest absolute Gasteiger partial charge is 0.468 e. The van der Waals surface area contributed by atoms with E-state index < -0.39 is 11.9 Å². The summed E-state index contributed by atoms with van der Waals surface area (Å²) < 4.78 is 25.7. The first-order valence-corrected chi connectivity index (χ1v) is 13.6. The molecule has 2 N–H and O–H groups in total. The summed E-state index contributed by atoms with van der Waals surface area (Å²) in [5.41, 5.74) is 2.32. The molecule has 1 saturated heterocycles. The maximum Gasteiger partial charge on any atom is 0.323 e. The zero-order valence-electron chi connectivity index (χ0n) is 22.3. The molecule has 9 nitrogen and oxygen atoms in total. The third-order valence-corrected chi connectivity index (χ3v) is 8.24. The molecule has 1 aliphatic carbocycles. The second-order valence-corrected chi connectivity index (χ2v) is 10.7. The van der Waals surface area contributed by atoms with E-state index in [0.29, 0.717) is 60.0 Å². The van der Waals surface area contributed by atoms with Gasteiger partial charge in [-0.3, -0.25) is 14.5 Å². The molecule has 3 aromatic rings. The van der Waals surface area contributed by atoms with Crippen molar-refractivity contribution >= 4 is 22.9 Å². The first-order chi connectivity index (χ1) is 18.4. The number of halogens is 1. The van der Waals surface area contributed by atoms with Crippen molar-refractivity contribution < 1.29 is 23.2 Å². The number of esters is 1. The predicted molar refractivity (Wildman–Crippen MR) is 139 cm³/mol. The Morgan fingerprint density at radius 3 is 2.79 bits per heavy atom. The quantitative estimate of drug-likeness (QED) is 0.410. The standard InChI is InChI=1S/C28H36FN5O4/c1-4-20-19(15-38-33-20)27(35)32-24(17-9-7-16(2)8-10-17)26-30-21-12-11-18(23(29)25(21)31-26)14-34-13-5-6-22(34)28(36)37-3/h11-12,15-17,22,24H,4-10,13-14H2,1-3H3,(H,30,31)(H,32,35)/t16-,17-,22-,24+/m1/s1. The van der Waals surface area contributed by atoms with E-state index in [-0.39, 0.29) is 29.4 Å². The number of hydrogen-bond acceptors (Lipinski definition) is 7. The first kappa shape index (κ1) is 26.3. The normalized spacial score (nSPS) is 23.0. The van der Waals surface area contributed by atoms with Crippen LogP contribution >= 0.6 is 0 Å². The third-order valence-electron chi connectivity index (χ3n) is 8.24. The number of nitrogens with one attached hydrogen (secondary N) is 2. The molecule has 1 amide bonds. The number of hydrogen-bond donors (Lipinski definition) is 2. The van der Waals surface area contributed by atoms with E-state index >= 15 is 4.39 Å². The minimum absolute atomic E-state index is 0.175. The Morgan fingerprint density at radius 2 is 2.05 bits per heavy atom. The molecular weight excluding hydrogens is 489 g/mol. The van der Waals surface area contributed by atoms with Gasteiger partial charge >= 0.3 is 5.97 Å². The molecule has 1 aromatic carbocycles. The van der Waals surface area contributed by atoms with Crippen LogP contribution in [0, 0.1) is 17.7 Å². The maximum absolute atomic E-state index is 15.8. The fraction of sp³-hybridized carbons (Fsp3) is 0.571. The number of carbonyl (C=O) groups is 2. The lowest BCUT2D eigenvalue weighted by atomic mass is 9.79. The molecule has 2 aromatic heterocycles. The smallest absolute Gasteiger partial charge is 0.323 e. The van der Waals surface area contributed by atoms with Crippen molar-refractivity contribution in [3.8, 4) is 0 Å². The molecule has 0 spiro atoms. The van der Waals surface area contributed by atoms with Crippen LogP contribution in [0.25, 0.3) is 11.0 Å². The van der Waals surface area contributed by atoms with Crippen LogP contribution in [0.5, 0.6) is 0 Å². The fourth-order valence-corrected chi connectivity index (χ4v) is 5.96. The van der Waals surface area contributed by atoms with Crippen LogP contribution in [-0.4, -0.2) is 51.6 Å². The number of carbonyl (C=O) groups excluding carboxylic acids is 2. The minimum Gasteiger partial charge on any atom is -0.468 e. The molecule has 2 aliphatic rings. The number of H-pyrrole nitrogens is 1. The van der Waals surface area contributed by atoms with Crippen LogP contribution in [-0.2, 0) is 22.5 Å². The van der Waals surface area contributed by atoms with Crippen LogP contribution in [0.15, 0.2) is 22.9 Å². The molecule has 1 aliphatic heterocycles. The molecule has 2 fully saturated rings. The third kappa shape index (κ3) is 5.18. The van der Waals surface area contributed by atoms with Crippen molar-refractivity contribution in [3.63, 3.8) is 0 Å². The van der Waals surface area contributed by atoms with Crippen molar-refractivity contribution in [3.05, 3.63) is 46.9 Å². The van der Waals surface area contributed by atoms with E-state index in [1.807, 2.05) is 17.9 Å². The molecule has 5 rings (SSSR count). The first-order valence-electron chi connectivity index (χ1n) is 13.6. The van der Waals surface area contributed by atoms with Gasteiger partial charge in [0.15, 0.2) is 5.82 Å². The summed E-state index contributed by atoms with van der Waals surface area (Å²) in [5.74, 6) is 0.403. The molecule has 38 heavy (non-hydrogen) atoms. The number of methoxy groups -OCH3 is 1. The minimum atomic E-state index is -0.407. The number of fused-ring (bicyclic) bond motifs is 1. The fourth-order valence-electron chi connectivity index (χ4n) is 5.96. The average Bonchev–Trinajstić information content (AvgIpc) is 3.68. The number of amides is 1. The maximum atomic E-state index is 15.8. The number of imidazole rings is 1. The van der Waals surface area contributed by atoms with Gasteiger partial charge in [0.2, 0.25) is 0 Å². The molecule has 0 bridgehead atoms. The monoisotopic (exact) mass is 525 g/mol. The zero-order chi connectivity index (χ0) is 26.8. The van der Waals surface area contributed by atoms with Gasteiger partial charge in [-0.1, -0.05) is 37.9 Å². The van der Waals surface area contributed by atoms with Crippen molar-refractivity contribution in [2.75, 3.05) is 13.7 Å². The molecule has 3 heterocycles. The predicted octanol–water partition coefficient (Wildman–Crippen LogP) is 4.69. The van der Waals surface area contributed by atoms with Crippen LogP contribution in [0.4, 0.5) is 4.39 Å². The molecule has 2 atom stereocenters. The van der Waals surface area contributed by atoms with Crippen LogP contribution in [0.1, 0.15) is 85.9 Å². The van der Waals surface area contributed by atoms with Gasteiger partial charge in [0.1, 0.15) is 29.2 Å². The summed E-state index contributed by atoms with van der Waals surface area (Å²) in [4.78, 5) is 35.3. The summed E-state index contributed by atoms with van der Waals surface area (Å²) in [5, 5.41) is 7.09. The number of likely N-dealkylation sites (tertiary alicyclic amines) is 1. The van der Waals surface area contributed by atoms with Gasteiger partial charge in [0.25, 0.3) is 5.91 Å². The number of rotatable bonds is 8. The van der Waals surface area contributed by atoms with Gasteiger partial charge in [-0.2, -0.15) is 0 Å². The van der Waals surface area contributed by atoms with E-state index in [1.165, 1.54) is 13.4 Å². The lowest BCUT2D eigenvalue weighted by Gasteiger charge is -2.32. The Labute approximate surface area is 221 Å². The topological polar surface area (TPSA) is 113 Å². The van der Waals surface area contributed by atoms with Crippen LogP contribution in [0.3, 0.4) is 0 Å². The van der Waals surface area contributed by atoms with Gasteiger partial charge in [0, 0.05) is 12.1 Å². The van der Waals surface area contributed by atoms with Crippen molar-refractivity contribution in [2.45, 2.75) is 77.4 Å². The molecule has 0 radical (unpaired) electrons. The molecule has 10 heteroatoms. The average molecular weight is 526 g/mol. The number of ether oxygens (including phenoxy) is 1. The molecule has 0 unspecified atom stereocenters. The highest BCUT2D eigenvalue weighted by molar-refractivity contribution is 5.95. The number of aromatic nitrogens is 3. The van der Waals surface area contributed by atoms with Gasteiger partial charge in [-0.25, -0.2) is 9.37 Å². The van der Waals surface area contributed by atoms with Gasteiger partial charge in [0.05, 0.1) is 24.4 Å². The summed E-state index contributed by atoms with van der Waals surface area (Å²) >= 11 is 0. The van der Waals surface area contributed by atoms with E-state index in [0.717, 1.165) is 32.1 Å². The SMILES string of the molecule is CCc1nocc1C(=O)N[C@H](c1nc2c(F)c(CN3CCC[C@@H]3C(=O)OC)ccc2[nH]1)[C@H]1CC[C@H](C)CC1. The number of benzene rings is 1. The second-order valence-electron chi connectivity index (χ2n) is 10.7. The Morgan fingerprint density at radius 1 is 1.26 bits per heavy atom. The number of aromatic amines is 1. The number of aryl methyl sites for hydroxylation is 1. The Bertz CT molecular complexity index is 1300. The highest BCUT2D eigenvalue weighted by atomic mass is 19.1. The summed E-state index contributed by atoms with van der Waals surface area (Å²) in [7, 11) is 1.38. The lowest BCUT2D eigenvalue weighted by molar-refractivity contribution is -0.146. The van der Waals surface area contributed by atoms with Gasteiger partial charge in [-0.05, 0) is 56.6 Å². The Hall–Kier alpha value is -3.27. The van der Waals surface area contributed by atoms with Crippen molar-refractivity contribution in [1.82, 2.24) is 25.3 Å². The highest BCUT2D eigenvalue weighted by Crippen LogP contribution is 2.37. The van der Waals surface area contributed by atoms with E-state index in [1.54, 1.807) is 6.07 Å². The summed E-state index contributed by atoms with van der Waals surface area (Å²) in [6.07, 6.45) is 7.56. The second kappa shape index (κ2) is 11.2. The molecular formula is C28H36FN5O4. The summed E-state index contributed by atoms with van der Waals surface area (Å²) in [6.45, 7) is 5.18. The Kier molecular flexibility index (Phi) is 7.78. The van der Waals surface area contributed by atoms with Crippen LogP contribution in [0.2, 0.25) is 0 Å². The van der Waals surface area contributed by atoms with Crippen LogP contribution < -0.4 is 5.32 Å². The highest BCUT2D eigenvalue weighted by Gasteiger charge is 2.34. The molecule has 204 valence electrons.